The highest BCUT2D eigenvalue weighted by molar-refractivity contribution is 7.19. The van der Waals surface area contributed by atoms with Gasteiger partial charge in [0.1, 0.15) is 10.6 Å². The maximum absolute atomic E-state index is 6.32. The van der Waals surface area contributed by atoms with Crippen molar-refractivity contribution in [2.75, 3.05) is 11.9 Å². The summed E-state index contributed by atoms with van der Waals surface area (Å²) in [6.07, 6.45) is 6.38. The number of hydrogen-bond donors (Lipinski definition) is 0. The highest BCUT2D eigenvalue weighted by Gasteiger charge is 2.25. The summed E-state index contributed by atoms with van der Waals surface area (Å²) in [5.74, 6) is 0.981. The van der Waals surface area contributed by atoms with Crippen LogP contribution in [0, 0.1) is 20.8 Å². The zero-order valence-corrected chi connectivity index (χ0v) is 18.0. The standard InChI is InChI=1S/C22H26ClN3S/c1-13-10-11-16(12-14(13)2)18-15(3)27-21-19(18)20(24-22(23)25-21)26(4)17-8-6-5-7-9-17/h10-12,17H,5-9H2,1-4H3. The van der Waals surface area contributed by atoms with E-state index in [-0.39, 0.29) is 0 Å². The molecule has 0 radical (unpaired) electrons. The third-order valence-corrected chi connectivity index (χ3v) is 7.10. The van der Waals surface area contributed by atoms with E-state index in [9.17, 15) is 0 Å². The average molecular weight is 400 g/mol. The van der Waals surface area contributed by atoms with Crippen molar-refractivity contribution in [3.63, 3.8) is 0 Å². The van der Waals surface area contributed by atoms with Crippen LogP contribution in [-0.4, -0.2) is 23.1 Å². The van der Waals surface area contributed by atoms with Crippen LogP contribution in [0.5, 0.6) is 0 Å². The molecule has 1 aliphatic carbocycles. The third-order valence-electron chi connectivity index (χ3n) is 5.93. The number of nitrogens with zero attached hydrogens (tertiary/aromatic N) is 3. The minimum Gasteiger partial charge on any atom is -0.356 e. The first-order chi connectivity index (χ1) is 13.0. The molecule has 0 spiro atoms. The predicted molar refractivity (Wildman–Crippen MR) is 117 cm³/mol. The molecule has 0 N–H and O–H groups in total. The second-order valence-electron chi connectivity index (χ2n) is 7.73. The minimum absolute atomic E-state index is 0.341. The van der Waals surface area contributed by atoms with E-state index >= 15 is 0 Å². The van der Waals surface area contributed by atoms with E-state index in [2.05, 4.69) is 55.9 Å². The highest BCUT2D eigenvalue weighted by atomic mass is 35.5. The molecule has 2 heterocycles. The summed E-state index contributed by atoms with van der Waals surface area (Å²) in [5.41, 5.74) is 5.12. The van der Waals surface area contributed by atoms with Gasteiger partial charge in [0.2, 0.25) is 5.28 Å². The lowest BCUT2D eigenvalue weighted by molar-refractivity contribution is 0.426. The number of thiophene rings is 1. The number of fused-ring (bicyclic) bond motifs is 1. The van der Waals surface area contributed by atoms with Crippen molar-refractivity contribution in [1.82, 2.24) is 9.97 Å². The first-order valence-electron chi connectivity index (χ1n) is 9.73. The average Bonchev–Trinajstić information content (AvgIpc) is 2.99. The Bertz CT molecular complexity index is 989. The van der Waals surface area contributed by atoms with E-state index < -0.39 is 0 Å². The monoisotopic (exact) mass is 399 g/mol. The van der Waals surface area contributed by atoms with E-state index in [4.69, 9.17) is 16.6 Å². The lowest BCUT2D eigenvalue weighted by Gasteiger charge is -2.32. The maximum Gasteiger partial charge on any atom is 0.225 e. The molecule has 1 saturated carbocycles. The number of benzene rings is 1. The molecule has 0 atom stereocenters. The van der Waals surface area contributed by atoms with Gasteiger partial charge in [-0.15, -0.1) is 11.3 Å². The number of halogens is 1. The van der Waals surface area contributed by atoms with Gasteiger partial charge >= 0.3 is 0 Å². The molecular weight excluding hydrogens is 374 g/mol. The molecule has 2 aromatic heterocycles. The van der Waals surface area contributed by atoms with Gasteiger partial charge in [-0.2, -0.15) is 4.98 Å². The Labute approximate surface area is 170 Å². The first-order valence-corrected chi connectivity index (χ1v) is 10.9. The number of rotatable bonds is 3. The fraction of sp³-hybridized carbons (Fsp3) is 0.455. The number of hydrogen-bond acceptors (Lipinski definition) is 4. The summed E-state index contributed by atoms with van der Waals surface area (Å²) in [6.45, 7) is 6.50. The zero-order chi connectivity index (χ0) is 19.1. The van der Waals surface area contributed by atoms with Crippen molar-refractivity contribution in [2.24, 2.45) is 0 Å². The molecule has 142 valence electrons. The SMILES string of the molecule is Cc1ccc(-c2c(C)sc3nc(Cl)nc(N(C)C4CCCCC4)c23)cc1C. The molecule has 5 heteroatoms. The molecule has 4 rings (SSSR count). The maximum atomic E-state index is 6.32. The van der Waals surface area contributed by atoms with Gasteiger partial charge in [0.25, 0.3) is 0 Å². The van der Waals surface area contributed by atoms with Crippen molar-refractivity contribution < 1.29 is 0 Å². The van der Waals surface area contributed by atoms with Crippen molar-refractivity contribution in [3.05, 3.63) is 39.5 Å². The van der Waals surface area contributed by atoms with Crippen LogP contribution in [0.2, 0.25) is 5.28 Å². The highest BCUT2D eigenvalue weighted by Crippen LogP contribution is 2.43. The van der Waals surface area contributed by atoms with Gasteiger partial charge in [-0.3, -0.25) is 0 Å². The third kappa shape index (κ3) is 3.45. The Morgan fingerprint density at radius 1 is 1.04 bits per heavy atom. The smallest absolute Gasteiger partial charge is 0.225 e. The number of anilines is 1. The Balaban J connectivity index is 1.92. The Kier molecular flexibility index (Phi) is 5.13. The topological polar surface area (TPSA) is 29.0 Å². The van der Waals surface area contributed by atoms with Crippen LogP contribution in [0.15, 0.2) is 18.2 Å². The van der Waals surface area contributed by atoms with Gasteiger partial charge in [0.05, 0.1) is 5.39 Å². The fourth-order valence-electron chi connectivity index (χ4n) is 4.21. The first kappa shape index (κ1) is 18.7. The Morgan fingerprint density at radius 2 is 1.78 bits per heavy atom. The van der Waals surface area contributed by atoms with E-state index in [1.807, 2.05) is 0 Å². The van der Waals surface area contributed by atoms with Crippen molar-refractivity contribution in [1.29, 1.82) is 0 Å². The van der Waals surface area contributed by atoms with E-state index in [1.54, 1.807) is 11.3 Å². The van der Waals surface area contributed by atoms with Gasteiger partial charge in [-0.25, -0.2) is 4.98 Å². The van der Waals surface area contributed by atoms with Gasteiger partial charge in [-0.1, -0.05) is 37.5 Å². The van der Waals surface area contributed by atoms with Gasteiger partial charge in [0.15, 0.2) is 0 Å². The van der Waals surface area contributed by atoms with Crippen LogP contribution in [0.1, 0.15) is 48.1 Å². The van der Waals surface area contributed by atoms with Gasteiger partial charge in [-0.05, 0) is 61.9 Å². The summed E-state index contributed by atoms with van der Waals surface area (Å²) in [4.78, 5) is 13.9. The minimum atomic E-state index is 0.341. The second kappa shape index (κ2) is 7.40. The molecule has 0 unspecified atom stereocenters. The number of aromatic nitrogens is 2. The molecule has 0 aliphatic heterocycles. The Hall–Kier alpha value is -1.65. The molecule has 1 fully saturated rings. The molecule has 3 nitrogen and oxygen atoms in total. The van der Waals surface area contributed by atoms with Crippen molar-refractivity contribution >= 4 is 39.0 Å². The van der Waals surface area contributed by atoms with Crippen LogP contribution >= 0.6 is 22.9 Å². The van der Waals surface area contributed by atoms with Crippen LogP contribution in [0.4, 0.5) is 5.82 Å². The van der Waals surface area contributed by atoms with E-state index in [0.29, 0.717) is 11.3 Å². The van der Waals surface area contributed by atoms with E-state index in [1.165, 1.54) is 59.2 Å². The lowest BCUT2D eigenvalue weighted by atomic mass is 9.94. The van der Waals surface area contributed by atoms with Crippen molar-refractivity contribution in [3.8, 4) is 11.1 Å². The van der Waals surface area contributed by atoms with Gasteiger partial charge < -0.3 is 4.90 Å². The van der Waals surface area contributed by atoms with E-state index in [0.717, 1.165) is 16.0 Å². The summed E-state index contributed by atoms with van der Waals surface area (Å²) in [6, 6.07) is 7.23. The fourth-order valence-corrected chi connectivity index (χ4v) is 5.46. The van der Waals surface area contributed by atoms with Crippen molar-refractivity contribution in [2.45, 2.75) is 58.9 Å². The predicted octanol–water partition coefficient (Wildman–Crippen LogP) is 6.71. The molecule has 27 heavy (non-hydrogen) atoms. The lowest BCUT2D eigenvalue weighted by Crippen LogP contribution is -2.34. The summed E-state index contributed by atoms with van der Waals surface area (Å²) < 4.78 is 0. The zero-order valence-electron chi connectivity index (χ0n) is 16.5. The molecular formula is C22H26ClN3S. The Morgan fingerprint density at radius 3 is 2.48 bits per heavy atom. The van der Waals surface area contributed by atoms with Crippen LogP contribution in [0.3, 0.4) is 0 Å². The summed E-state index contributed by atoms with van der Waals surface area (Å²) in [5, 5.41) is 1.49. The van der Waals surface area contributed by atoms with Crippen LogP contribution in [-0.2, 0) is 0 Å². The molecule has 0 bridgehead atoms. The van der Waals surface area contributed by atoms with Crippen LogP contribution < -0.4 is 4.90 Å². The second-order valence-corrected chi connectivity index (χ2v) is 9.27. The largest absolute Gasteiger partial charge is 0.356 e. The van der Waals surface area contributed by atoms with Gasteiger partial charge in [0, 0.05) is 23.5 Å². The molecule has 1 aliphatic rings. The molecule has 0 saturated heterocycles. The molecule has 3 aromatic rings. The van der Waals surface area contributed by atoms with Crippen LogP contribution in [0.25, 0.3) is 21.3 Å². The summed E-state index contributed by atoms with van der Waals surface area (Å²) in [7, 11) is 2.17. The number of aryl methyl sites for hydroxylation is 3. The normalized spacial score (nSPS) is 15.4. The quantitative estimate of drug-likeness (QED) is 0.458. The molecule has 0 amide bonds. The molecule has 1 aromatic carbocycles. The summed E-state index contributed by atoms with van der Waals surface area (Å²) >= 11 is 8.03.